The van der Waals surface area contributed by atoms with Crippen LogP contribution in [0.15, 0.2) is 18.5 Å². The number of hydroxylamine groups is 2. The van der Waals surface area contributed by atoms with E-state index in [0.29, 0.717) is 0 Å². The summed E-state index contributed by atoms with van der Waals surface area (Å²) in [6.45, 7) is 1.60. The Morgan fingerprint density at radius 3 is 2.86 bits per heavy atom. The fourth-order valence-corrected chi connectivity index (χ4v) is 2.59. The Bertz CT molecular complexity index is 634. The number of carbonyl (C=O) groups is 1. The van der Waals surface area contributed by atoms with Crippen LogP contribution in [0, 0.1) is 5.92 Å². The number of aromatic nitrogens is 4. The molecule has 1 aliphatic heterocycles. The molecule has 1 amide bonds. The zero-order chi connectivity index (χ0) is 14.8. The SMILES string of the molecule is CON(C)C(=O)C1CCN(c2ccc3nncn3n2)CC1. The highest BCUT2D eigenvalue weighted by Crippen LogP contribution is 2.23. The van der Waals surface area contributed by atoms with Crippen LogP contribution < -0.4 is 4.90 Å². The standard InChI is InChI=1S/C13H18N6O2/c1-17(21-2)13(20)10-5-7-18(8-6-10)12-4-3-11-15-14-9-19(11)16-12/h3-4,9-10H,5-8H2,1-2H3. The summed E-state index contributed by atoms with van der Waals surface area (Å²) < 4.78 is 1.66. The molecule has 3 heterocycles. The number of carbonyl (C=O) groups excluding carboxylic acids is 1. The topological polar surface area (TPSA) is 75.9 Å². The zero-order valence-electron chi connectivity index (χ0n) is 12.1. The molecule has 1 fully saturated rings. The van der Waals surface area contributed by atoms with E-state index in [0.717, 1.165) is 37.4 Å². The number of amides is 1. The normalized spacial score (nSPS) is 16.4. The minimum atomic E-state index is 0.0184. The van der Waals surface area contributed by atoms with E-state index in [1.165, 1.54) is 12.2 Å². The van der Waals surface area contributed by atoms with Crippen LogP contribution >= 0.6 is 0 Å². The maximum atomic E-state index is 12.1. The highest BCUT2D eigenvalue weighted by atomic mass is 16.7. The van der Waals surface area contributed by atoms with Gasteiger partial charge in [-0.2, -0.15) is 4.52 Å². The minimum absolute atomic E-state index is 0.0184. The number of hydrogen-bond acceptors (Lipinski definition) is 6. The Hall–Kier alpha value is -2.22. The summed E-state index contributed by atoms with van der Waals surface area (Å²) in [6, 6.07) is 3.83. The van der Waals surface area contributed by atoms with Gasteiger partial charge in [-0.25, -0.2) is 5.06 Å². The van der Waals surface area contributed by atoms with Crippen molar-refractivity contribution in [1.29, 1.82) is 0 Å². The van der Waals surface area contributed by atoms with E-state index < -0.39 is 0 Å². The molecule has 0 unspecified atom stereocenters. The second kappa shape index (κ2) is 5.65. The molecule has 3 rings (SSSR count). The van der Waals surface area contributed by atoms with Crippen molar-refractivity contribution < 1.29 is 9.63 Å². The molecule has 1 saturated heterocycles. The lowest BCUT2D eigenvalue weighted by Gasteiger charge is -2.33. The lowest BCUT2D eigenvalue weighted by atomic mass is 9.96. The molecule has 0 N–H and O–H groups in total. The van der Waals surface area contributed by atoms with Crippen LogP contribution in [0.4, 0.5) is 5.82 Å². The first kappa shape index (κ1) is 13.7. The summed E-state index contributed by atoms with van der Waals surface area (Å²) in [5.74, 6) is 0.942. The Balaban J connectivity index is 1.66. The third kappa shape index (κ3) is 2.66. The Kier molecular flexibility index (Phi) is 3.70. The summed E-state index contributed by atoms with van der Waals surface area (Å²) in [5.41, 5.74) is 0.727. The molecule has 112 valence electrons. The highest BCUT2D eigenvalue weighted by molar-refractivity contribution is 5.77. The van der Waals surface area contributed by atoms with E-state index in [-0.39, 0.29) is 11.8 Å². The van der Waals surface area contributed by atoms with Crippen LogP contribution in [0.2, 0.25) is 0 Å². The van der Waals surface area contributed by atoms with Crippen LogP contribution in [-0.2, 0) is 9.63 Å². The van der Waals surface area contributed by atoms with Gasteiger partial charge in [0.15, 0.2) is 5.65 Å². The predicted molar refractivity (Wildman–Crippen MR) is 75.5 cm³/mol. The summed E-state index contributed by atoms with van der Waals surface area (Å²) in [7, 11) is 3.15. The number of piperidine rings is 1. The number of rotatable bonds is 3. The predicted octanol–water partition coefficient (Wildman–Crippen LogP) is 0.360. The molecular weight excluding hydrogens is 272 g/mol. The van der Waals surface area contributed by atoms with Gasteiger partial charge in [0, 0.05) is 26.1 Å². The maximum absolute atomic E-state index is 12.1. The summed E-state index contributed by atoms with van der Waals surface area (Å²) in [4.78, 5) is 19.2. The van der Waals surface area contributed by atoms with Crippen LogP contribution in [0.1, 0.15) is 12.8 Å². The zero-order valence-corrected chi connectivity index (χ0v) is 12.1. The van der Waals surface area contributed by atoms with Gasteiger partial charge < -0.3 is 4.90 Å². The van der Waals surface area contributed by atoms with Crippen molar-refractivity contribution in [2.24, 2.45) is 5.92 Å². The molecule has 8 heteroatoms. The van der Waals surface area contributed by atoms with Crippen LogP contribution in [0.25, 0.3) is 5.65 Å². The number of fused-ring (bicyclic) bond motifs is 1. The smallest absolute Gasteiger partial charge is 0.249 e. The summed E-state index contributed by atoms with van der Waals surface area (Å²) in [5, 5.41) is 13.5. The van der Waals surface area contributed by atoms with Crippen LogP contribution in [0.3, 0.4) is 0 Å². The second-order valence-electron chi connectivity index (χ2n) is 5.10. The van der Waals surface area contributed by atoms with Gasteiger partial charge in [0.05, 0.1) is 7.11 Å². The van der Waals surface area contributed by atoms with Gasteiger partial charge in [0.1, 0.15) is 12.1 Å². The first-order valence-electron chi connectivity index (χ1n) is 6.92. The fraction of sp³-hybridized carbons (Fsp3) is 0.538. The van der Waals surface area contributed by atoms with Gasteiger partial charge in [-0.3, -0.25) is 9.63 Å². The second-order valence-corrected chi connectivity index (χ2v) is 5.10. The van der Waals surface area contributed by atoms with Gasteiger partial charge in [0.2, 0.25) is 5.91 Å². The average molecular weight is 290 g/mol. The molecule has 2 aromatic rings. The van der Waals surface area contributed by atoms with Crippen molar-refractivity contribution in [2.45, 2.75) is 12.8 Å². The summed E-state index contributed by atoms with van der Waals surface area (Å²) >= 11 is 0. The lowest BCUT2D eigenvalue weighted by molar-refractivity contribution is -0.174. The van der Waals surface area contributed by atoms with Gasteiger partial charge in [-0.15, -0.1) is 15.3 Å². The highest BCUT2D eigenvalue weighted by Gasteiger charge is 2.28. The molecule has 0 aromatic carbocycles. The van der Waals surface area contributed by atoms with E-state index in [1.54, 1.807) is 17.9 Å². The lowest BCUT2D eigenvalue weighted by Crippen LogP contribution is -2.41. The Morgan fingerprint density at radius 2 is 2.14 bits per heavy atom. The molecule has 0 atom stereocenters. The molecule has 2 aromatic heterocycles. The molecule has 8 nitrogen and oxygen atoms in total. The van der Waals surface area contributed by atoms with E-state index in [2.05, 4.69) is 20.2 Å². The maximum Gasteiger partial charge on any atom is 0.249 e. The van der Waals surface area contributed by atoms with Crippen molar-refractivity contribution in [3.05, 3.63) is 18.5 Å². The Morgan fingerprint density at radius 1 is 1.38 bits per heavy atom. The van der Waals surface area contributed by atoms with Crippen molar-refractivity contribution in [3.63, 3.8) is 0 Å². The molecule has 0 saturated carbocycles. The number of hydrogen-bond donors (Lipinski definition) is 0. The molecule has 0 radical (unpaired) electrons. The molecule has 1 aliphatic rings. The molecule has 21 heavy (non-hydrogen) atoms. The molecule has 0 bridgehead atoms. The average Bonchev–Trinajstić information content (AvgIpc) is 3.01. The van der Waals surface area contributed by atoms with Crippen molar-refractivity contribution in [3.8, 4) is 0 Å². The third-order valence-electron chi connectivity index (χ3n) is 3.90. The van der Waals surface area contributed by atoms with Crippen molar-refractivity contribution in [1.82, 2.24) is 24.9 Å². The minimum Gasteiger partial charge on any atom is -0.355 e. The van der Waals surface area contributed by atoms with Gasteiger partial charge >= 0.3 is 0 Å². The van der Waals surface area contributed by atoms with E-state index in [4.69, 9.17) is 4.84 Å². The van der Waals surface area contributed by atoms with E-state index in [1.807, 2.05) is 12.1 Å². The first-order valence-corrected chi connectivity index (χ1v) is 6.92. The van der Waals surface area contributed by atoms with Crippen LogP contribution in [0.5, 0.6) is 0 Å². The molecule has 0 spiro atoms. The molecular formula is C13H18N6O2. The monoisotopic (exact) mass is 290 g/mol. The Labute approximate surface area is 122 Å². The number of nitrogens with zero attached hydrogens (tertiary/aromatic N) is 6. The van der Waals surface area contributed by atoms with Gasteiger partial charge in [0.25, 0.3) is 0 Å². The van der Waals surface area contributed by atoms with Crippen molar-refractivity contribution in [2.75, 3.05) is 32.1 Å². The molecule has 0 aliphatic carbocycles. The summed E-state index contributed by atoms with van der Waals surface area (Å²) in [6.07, 6.45) is 3.19. The van der Waals surface area contributed by atoms with Crippen molar-refractivity contribution >= 4 is 17.4 Å². The first-order chi connectivity index (χ1) is 10.2. The van der Waals surface area contributed by atoms with E-state index in [9.17, 15) is 4.79 Å². The largest absolute Gasteiger partial charge is 0.355 e. The van der Waals surface area contributed by atoms with E-state index >= 15 is 0 Å². The number of anilines is 1. The van der Waals surface area contributed by atoms with Crippen LogP contribution in [-0.4, -0.2) is 58.0 Å². The van der Waals surface area contributed by atoms with Gasteiger partial charge in [-0.1, -0.05) is 0 Å². The fourth-order valence-electron chi connectivity index (χ4n) is 2.59. The van der Waals surface area contributed by atoms with Gasteiger partial charge in [-0.05, 0) is 25.0 Å². The third-order valence-corrected chi connectivity index (χ3v) is 3.90. The quantitative estimate of drug-likeness (QED) is 0.760.